The van der Waals surface area contributed by atoms with Crippen LogP contribution < -0.4 is 5.32 Å². The number of furan rings is 1. The summed E-state index contributed by atoms with van der Waals surface area (Å²) in [6, 6.07) is 5.04. The van der Waals surface area contributed by atoms with Crippen molar-refractivity contribution in [2.24, 2.45) is 0 Å². The highest BCUT2D eigenvalue weighted by Gasteiger charge is 2.05. The second-order valence-corrected chi connectivity index (χ2v) is 3.81. The van der Waals surface area contributed by atoms with E-state index in [1.54, 1.807) is 30.5 Å². The lowest BCUT2D eigenvalue weighted by Gasteiger charge is -1.99. The predicted molar refractivity (Wildman–Crippen MR) is 70.6 cm³/mol. The Hall–Kier alpha value is -2.83. The Balaban J connectivity index is 1.90. The van der Waals surface area contributed by atoms with Crippen LogP contribution in [0.5, 0.6) is 0 Å². The van der Waals surface area contributed by atoms with E-state index >= 15 is 0 Å². The molecule has 0 aliphatic carbocycles. The molecule has 0 aliphatic rings. The van der Waals surface area contributed by atoms with E-state index in [1.807, 2.05) is 0 Å². The first-order chi connectivity index (χ1) is 9.67. The molecule has 104 valence electrons. The van der Waals surface area contributed by atoms with Gasteiger partial charge in [-0.15, -0.1) is 0 Å². The highest BCUT2D eigenvalue weighted by molar-refractivity contribution is 6.01. The third-order valence-corrected chi connectivity index (χ3v) is 2.35. The molecule has 0 aliphatic heterocycles. The summed E-state index contributed by atoms with van der Waals surface area (Å²) in [5.41, 5.74) is 0. The number of rotatable bonds is 5. The van der Waals surface area contributed by atoms with Gasteiger partial charge in [0.1, 0.15) is 12.3 Å². The van der Waals surface area contributed by atoms with Gasteiger partial charge in [0.05, 0.1) is 13.4 Å². The van der Waals surface area contributed by atoms with Crippen LogP contribution in [0, 0.1) is 0 Å². The smallest absolute Gasteiger partial charge is 0.327 e. The van der Waals surface area contributed by atoms with Crippen molar-refractivity contribution in [3.63, 3.8) is 0 Å². The van der Waals surface area contributed by atoms with Gasteiger partial charge in [-0.2, -0.15) is 5.10 Å². The van der Waals surface area contributed by atoms with Crippen molar-refractivity contribution in [1.29, 1.82) is 0 Å². The van der Waals surface area contributed by atoms with E-state index in [-0.39, 0.29) is 12.5 Å². The van der Waals surface area contributed by atoms with Gasteiger partial charge >= 0.3 is 5.97 Å². The summed E-state index contributed by atoms with van der Waals surface area (Å²) in [5, 5.41) is 6.57. The number of carbonyl (C=O) groups excluding carboxylic acids is 2. The SMILES string of the molecule is COC(=O)Cn1ccc(NC(=O)C=Cc2ccco2)n1. The molecule has 0 bridgehead atoms. The summed E-state index contributed by atoms with van der Waals surface area (Å²) in [6.07, 6.45) is 5.97. The van der Waals surface area contributed by atoms with Crippen LogP contribution in [-0.2, 0) is 20.9 Å². The second-order valence-electron chi connectivity index (χ2n) is 3.81. The van der Waals surface area contributed by atoms with Crippen molar-refractivity contribution >= 4 is 23.8 Å². The molecule has 0 radical (unpaired) electrons. The molecule has 7 heteroatoms. The summed E-state index contributed by atoms with van der Waals surface area (Å²) in [6.45, 7) is -0.00535. The Kier molecular flexibility index (Phi) is 4.33. The zero-order valence-electron chi connectivity index (χ0n) is 10.8. The molecule has 0 spiro atoms. The van der Waals surface area contributed by atoms with E-state index in [9.17, 15) is 9.59 Å². The highest BCUT2D eigenvalue weighted by Crippen LogP contribution is 2.05. The maximum absolute atomic E-state index is 11.6. The first-order valence-corrected chi connectivity index (χ1v) is 5.80. The molecule has 0 unspecified atom stereocenters. The minimum absolute atomic E-state index is 0.00535. The van der Waals surface area contributed by atoms with Gasteiger partial charge in [-0.25, -0.2) is 0 Å². The third kappa shape index (κ3) is 3.84. The molecule has 7 nitrogen and oxygen atoms in total. The van der Waals surface area contributed by atoms with Gasteiger partial charge in [-0.1, -0.05) is 0 Å². The van der Waals surface area contributed by atoms with Gasteiger partial charge in [0.2, 0.25) is 5.91 Å². The van der Waals surface area contributed by atoms with Crippen LogP contribution in [0.2, 0.25) is 0 Å². The van der Waals surface area contributed by atoms with Crippen LogP contribution in [0.4, 0.5) is 5.82 Å². The Morgan fingerprint density at radius 2 is 2.35 bits per heavy atom. The van der Waals surface area contributed by atoms with Gasteiger partial charge in [0.25, 0.3) is 0 Å². The highest BCUT2D eigenvalue weighted by atomic mass is 16.5. The molecule has 20 heavy (non-hydrogen) atoms. The van der Waals surface area contributed by atoms with Gasteiger partial charge in [-0.3, -0.25) is 14.3 Å². The van der Waals surface area contributed by atoms with E-state index in [2.05, 4.69) is 15.2 Å². The minimum Gasteiger partial charge on any atom is -0.468 e. The minimum atomic E-state index is -0.413. The van der Waals surface area contributed by atoms with Crippen LogP contribution in [0.15, 0.2) is 41.2 Å². The van der Waals surface area contributed by atoms with Crippen molar-refractivity contribution < 1.29 is 18.7 Å². The zero-order chi connectivity index (χ0) is 14.4. The van der Waals surface area contributed by atoms with Crippen LogP contribution in [0.1, 0.15) is 5.76 Å². The lowest BCUT2D eigenvalue weighted by atomic mass is 10.4. The summed E-state index contributed by atoms with van der Waals surface area (Å²) < 4.78 is 10.9. The summed E-state index contributed by atoms with van der Waals surface area (Å²) in [7, 11) is 1.30. The molecular weight excluding hydrogens is 262 g/mol. The maximum Gasteiger partial charge on any atom is 0.327 e. The van der Waals surface area contributed by atoms with Gasteiger partial charge in [0.15, 0.2) is 5.82 Å². The van der Waals surface area contributed by atoms with Crippen LogP contribution in [0.25, 0.3) is 6.08 Å². The fourth-order valence-corrected chi connectivity index (χ4v) is 1.43. The number of anilines is 1. The normalized spacial score (nSPS) is 10.7. The predicted octanol–water partition coefficient (Wildman–Crippen LogP) is 1.30. The fraction of sp³-hybridized carbons (Fsp3) is 0.154. The number of carbonyl (C=O) groups is 2. The first kappa shape index (κ1) is 13.6. The monoisotopic (exact) mass is 275 g/mol. The number of ether oxygens (including phenoxy) is 1. The van der Waals surface area contributed by atoms with Gasteiger partial charge in [-0.05, 0) is 18.2 Å². The first-order valence-electron chi connectivity index (χ1n) is 5.80. The number of amides is 1. The molecule has 0 saturated carbocycles. The van der Waals surface area contributed by atoms with Gasteiger partial charge in [0, 0.05) is 18.3 Å². The number of methoxy groups -OCH3 is 1. The zero-order valence-corrected chi connectivity index (χ0v) is 10.8. The van der Waals surface area contributed by atoms with Crippen molar-refractivity contribution in [3.05, 3.63) is 42.5 Å². The molecule has 2 rings (SSSR count). The molecule has 2 aromatic rings. The second kappa shape index (κ2) is 6.37. The standard InChI is InChI=1S/C13H13N3O4/c1-19-13(18)9-16-7-6-11(15-16)14-12(17)5-4-10-3-2-8-20-10/h2-8H,9H2,1H3,(H,14,15,17). The molecule has 1 N–H and O–H groups in total. The number of aromatic nitrogens is 2. The molecule has 0 atom stereocenters. The molecule has 2 aromatic heterocycles. The maximum atomic E-state index is 11.6. The molecule has 2 heterocycles. The van der Waals surface area contributed by atoms with Crippen LogP contribution in [0.3, 0.4) is 0 Å². The molecule has 1 amide bonds. The summed E-state index contributed by atoms with van der Waals surface area (Å²) >= 11 is 0. The van der Waals surface area contributed by atoms with Crippen LogP contribution >= 0.6 is 0 Å². The number of hydrogen-bond donors (Lipinski definition) is 1. The van der Waals surface area contributed by atoms with E-state index in [1.165, 1.54) is 24.1 Å². The Morgan fingerprint density at radius 1 is 1.50 bits per heavy atom. The number of hydrogen-bond acceptors (Lipinski definition) is 5. The quantitative estimate of drug-likeness (QED) is 0.656. The molecule has 0 saturated heterocycles. The van der Waals surface area contributed by atoms with E-state index in [4.69, 9.17) is 4.42 Å². The van der Waals surface area contributed by atoms with Crippen molar-refractivity contribution in [2.45, 2.75) is 6.54 Å². The average molecular weight is 275 g/mol. The van der Waals surface area contributed by atoms with E-state index < -0.39 is 5.97 Å². The Labute approximate surface area is 114 Å². The number of nitrogens with zero attached hydrogens (tertiary/aromatic N) is 2. The lowest BCUT2D eigenvalue weighted by molar-refractivity contribution is -0.141. The van der Waals surface area contributed by atoms with E-state index in [0.29, 0.717) is 11.6 Å². The van der Waals surface area contributed by atoms with Crippen molar-refractivity contribution in [2.75, 3.05) is 12.4 Å². The van der Waals surface area contributed by atoms with Crippen LogP contribution in [-0.4, -0.2) is 28.8 Å². The fourth-order valence-electron chi connectivity index (χ4n) is 1.43. The topological polar surface area (TPSA) is 86.4 Å². The number of esters is 1. The summed E-state index contributed by atoms with van der Waals surface area (Å²) in [4.78, 5) is 22.7. The average Bonchev–Trinajstić information content (AvgIpc) is 3.08. The summed E-state index contributed by atoms with van der Waals surface area (Å²) in [5.74, 6) is 0.174. The largest absolute Gasteiger partial charge is 0.468 e. The van der Waals surface area contributed by atoms with E-state index in [0.717, 1.165) is 0 Å². The third-order valence-electron chi connectivity index (χ3n) is 2.35. The Bertz CT molecular complexity index is 613. The Morgan fingerprint density at radius 3 is 3.05 bits per heavy atom. The molecular formula is C13H13N3O4. The van der Waals surface area contributed by atoms with Gasteiger partial charge < -0.3 is 14.5 Å². The lowest BCUT2D eigenvalue weighted by Crippen LogP contribution is -2.13. The van der Waals surface area contributed by atoms with Crippen molar-refractivity contribution in [1.82, 2.24) is 9.78 Å². The molecule has 0 aromatic carbocycles. The van der Waals surface area contributed by atoms with Crippen molar-refractivity contribution in [3.8, 4) is 0 Å². The number of nitrogens with one attached hydrogen (secondary N) is 1. The molecule has 0 fully saturated rings.